The summed E-state index contributed by atoms with van der Waals surface area (Å²) in [6, 6.07) is 6.13. The van der Waals surface area contributed by atoms with Crippen LogP contribution in [0.4, 0.5) is 5.95 Å². The van der Waals surface area contributed by atoms with Crippen LogP contribution in [0.2, 0.25) is 0 Å². The smallest absolute Gasteiger partial charge is 0.247 e. The highest BCUT2D eigenvalue weighted by Crippen LogP contribution is 2.21. The first-order chi connectivity index (χ1) is 9.17. The van der Waals surface area contributed by atoms with Crippen molar-refractivity contribution in [2.75, 3.05) is 4.72 Å². The number of aromatic nitrogens is 4. The largest absolute Gasteiger partial charge is 0.266 e. The van der Waals surface area contributed by atoms with Gasteiger partial charge < -0.3 is 0 Å². The molecule has 8 nitrogen and oxygen atoms in total. The first kappa shape index (κ1) is 11.5. The van der Waals surface area contributed by atoms with Gasteiger partial charge in [-0.05, 0) is 28.5 Å². The van der Waals surface area contributed by atoms with Gasteiger partial charge in [-0.1, -0.05) is 6.07 Å². The maximum absolute atomic E-state index is 12.2. The molecule has 3 rings (SSSR count). The highest BCUT2D eigenvalue weighted by molar-refractivity contribution is 7.93. The van der Waals surface area contributed by atoms with Gasteiger partial charge in [0.25, 0.3) is 10.0 Å². The topological polar surface area (TPSA) is 111 Å². The molecule has 0 saturated carbocycles. The lowest BCUT2D eigenvalue weighted by molar-refractivity contribution is 0.315. The van der Waals surface area contributed by atoms with Crippen LogP contribution in [0, 0.1) is 0 Å². The van der Waals surface area contributed by atoms with Crippen LogP contribution < -0.4 is 4.72 Å². The minimum absolute atomic E-state index is 0.0176. The lowest BCUT2D eigenvalue weighted by Crippen LogP contribution is -2.15. The molecule has 0 amide bonds. The van der Waals surface area contributed by atoms with Crippen molar-refractivity contribution in [2.24, 2.45) is 0 Å². The van der Waals surface area contributed by atoms with Gasteiger partial charge in [-0.3, -0.25) is 0 Å². The van der Waals surface area contributed by atoms with Crippen LogP contribution in [0.5, 0.6) is 0 Å². The summed E-state index contributed by atoms with van der Waals surface area (Å²) in [5.74, 6) is -0.0176. The zero-order valence-electron chi connectivity index (χ0n) is 9.39. The van der Waals surface area contributed by atoms with Crippen LogP contribution in [-0.4, -0.2) is 28.7 Å². The molecule has 1 N–H and O–H groups in total. The van der Waals surface area contributed by atoms with Crippen LogP contribution in [0.3, 0.4) is 0 Å². The molecule has 1 aromatic carbocycles. The minimum atomic E-state index is -3.85. The fraction of sp³-hybridized carbons (Fsp3) is 0. The zero-order chi connectivity index (χ0) is 13.3. The summed E-state index contributed by atoms with van der Waals surface area (Å²) in [4.78, 5) is 7.55. The summed E-state index contributed by atoms with van der Waals surface area (Å²) < 4.78 is 31.2. The second kappa shape index (κ2) is 4.28. The monoisotopic (exact) mass is 277 g/mol. The molecule has 0 aliphatic heterocycles. The Balaban J connectivity index is 2.08. The molecule has 2 aromatic heterocycles. The standard InChI is InChI=1S/C10H7N5O3S/c16-19(17,15-10-11-5-2-6-12-10)8-4-1-3-7-9(8)14-18-13-7/h1-6H,(H,11,12,15). The second-order valence-corrected chi connectivity index (χ2v) is 5.22. The third kappa shape index (κ3) is 2.10. The fourth-order valence-electron chi connectivity index (χ4n) is 1.53. The molecular weight excluding hydrogens is 270 g/mol. The molecule has 0 radical (unpaired) electrons. The van der Waals surface area contributed by atoms with E-state index in [1.807, 2.05) is 0 Å². The molecule has 0 fully saturated rings. The first-order valence-corrected chi connectivity index (χ1v) is 6.66. The van der Waals surface area contributed by atoms with Crippen LogP contribution in [0.25, 0.3) is 11.0 Å². The van der Waals surface area contributed by atoms with Crippen molar-refractivity contribution in [2.45, 2.75) is 4.90 Å². The maximum Gasteiger partial charge on any atom is 0.266 e. The van der Waals surface area contributed by atoms with Gasteiger partial charge in [0.2, 0.25) is 5.95 Å². The summed E-state index contributed by atoms with van der Waals surface area (Å²) in [5, 5.41) is 7.17. The molecule has 3 aromatic rings. The van der Waals surface area contributed by atoms with Gasteiger partial charge in [0, 0.05) is 12.4 Å². The van der Waals surface area contributed by atoms with E-state index in [2.05, 4.69) is 29.6 Å². The summed E-state index contributed by atoms with van der Waals surface area (Å²) in [7, 11) is -3.85. The number of fused-ring (bicyclic) bond motifs is 1. The Kier molecular flexibility index (Phi) is 2.60. The predicted molar refractivity (Wildman–Crippen MR) is 64.6 cm³/mol. The average Bonchev–Trinajstić information content (AvgIpc) is 2.87. The van der Waals surface area contributed by atoms with Crippen LogP contribution in [-0.2, 0) is 10.0 Å². The molecule has 0 aliphatic rings. The van der Waals surface area contributed by atoms with Crippen molar-refractivity contribution >= 4 is 27.0 Å². The normalized spacial score (nSPS) is 11.6. The van der Waals surface area contributed by atoms with Crippen molar-refractivity contribution < 1.29 is 13.0 Å². The van der Waals surface area contributed by atoms with E-state index in [1.165, 1.54) is 18.5 Å². The Morgan fingerprint density at radius 1 is 1.05 bits per heavy atom. The van der Waals surface area contributed by atoms with Crippen molar-refractivity contribution in [1.82, 2.24) is 20.3 Å². The summed E-state index contributed by atoms with van der Waals surface area (Å²) in [5.41, 5.74) is 0.516. The van der Waals surface area contributed by atoms with E-state index in [9.17, 15) is 8.42 Å². The Hall–Kier alpha value is -2.55. The van der Waals surface area contributed by atoms with E-state index >= 15 is 0 Å². The molecule has 9 heteroatoms. The number of sulfonamides is 1. The van der Waals surface area contributed by atoms with Crippen molar-refractivity contribution in [1.29, 1.82) is 0 Å². The molecule has 0 bridgehead atoms. The lowest BCUT2D eigenvalue weighted by atomic mass is 10.3. The van der Waals surface area contributed by atoms with E-state index < -0.39 is 10.0 Å². The van der Waals surface area contributed by atoms with Crippen LogP contribution >= 0.6 is 0 Å². The van der Waals surface area contributed by atoms with Gasteiger partial charge in [-0.15, -0.1) is 0 Å². The molecule has 19 heavy (non-hydrogen) atoms. The van der Waals surface area contributed by atoms with Crippen molar-refractivity contribution in [3.63, 3.8) is 0 Å². The summed E-state index contributed by atoms with van der Waals surface area (Å²) in [6.45, 7) is 0. The third-order valence-corrected chi connectivity index (χ3v) is 3.69. The molecule has 0 unspecified atom stereocenters. The zero-order valence-corrected chi connectivity index (χ0v) is 10.2. The quantitative estimate of drug-likeness (QED) is 0.754. The number of benzene rings is 1. The third-order valence-electron chi connectivity index (χ3n) is 2.33. The lowest BCUT2D eigenvalue weighted by Gasteiger charge is -2.05. The maximum atomic E-state index is 12.2. The number of anilines is 1. The molecule has 96 valence electrons. The van der Waals surface area contributed by atoms with Gasteiger partial charge in [0.05, 0.1) is 0 Å². The van der Waals surface area contributed by atoms with Crippen LogP contribution in [0.1, 0.15) is 0 Å². The minimum Gasteiger partial charge on any atom is -0.247 e. The Morgan fingerprint density at radius 3 is 2.63 bits per heavy atom. The molecule has 0 aliphatic carbocycles. The van der Waals surface area contributed by atoms with Crippen molar-refractivity contribution in [3.8, 4) is 0 Å². The molecule has 0 atom stereocenters. The van der Waals surface area contributed by atoms with Gasteiger partial charge in [-0.2, -0.15) is 0 Å². The average molecular weight is 277 g/mol. The molecule has 2 heterocycles. The van der Waals surface area contributed by atoms with Gasteiger partial charge in [0.1, 0.15) is 10.4 Å². The van der Waals surface area contributed by atoms with E-state index in [0.717, 1.165) is 0 Å². The second-order valence-electron chi connectivity index (χ2n) is 3.57. The van der Waals surface area contributed by atoms with Gasteiger partial charge in [0.15, 0.2) is 5.52 Å². The molecule has 0 spiro atoms. The number of hydrogen-bond donors (Lipinski definition) is 1. The Bertz CT molecular complexity index is 815. The van der Waals surface area contributed by atoms with E-state index in [4.69, 9.17) is 0 Å². The van der Waals surface area contributed by atoms with E-state index in [1.54, 1.807) is 18.2 Å². The SMILES string of the molecule is O=S(=O)(Nc1ncccn1)c1cccc2nonc12. The highest BCUT2D eigenvalue weighted by atomic mass is 32.2. The summed E-state index contributed by atoms with van der Waals surface area (Å²) >= 11 is 0. The number of hydrogen-bond acceptors (Lipinski definition) is 7. The first-order valence-electron chi connectivity index (χ1n) is 5.18. The predicted octanol–water partition coefficient (Wildman–Crippen LogP) is 0.814. The molecule has 0 saturated heterocycles. The summed E-state index contributed by atoms with van der Waals surface area (Å²) in [6.07, 6.45) is 2.87. The Labute approximate surface area is 107 Å². The van der Waals surface area contributed by atoms with Crippen LogP contribution in [0.15, 0.2) is 46.2 Å². The highest BCUT2D eigenvalue weighted by Gasteiger charge is 2.21. The van der Waals surface area contributed by atoms with Gasteiger partial charge >= 0.3 is 0 Å². The molecular formula is C10H7N5O3S. The number of rotatable bonds is 3. The van der Waals surface area contributed by atoms with Gasteiger partial charge in [-0.25, -0.2) is 27.7 Å². The van der Waals surface area contributed by atoms with E-state index in [0.29, 0.717) is 5.52 Å². The Morgan fingerprint density at radius 2 is 1.84 bits per heavy atom. The van der Waals surface area contributed by atoms with E-state index in [-0.39, 0.29) is 16.4 Å². The number of nitrogens with zero attached hydrogens (tertiary/aromatic N) is 4. The van der Waals surface area contributed by atoms with Crippen molar-refractivity contribution in [3.05, 3.63) is 36.7 Å². The fourth-order valence-corrected chi connectivity index (χ4v) is 2.64. The number of nitrogens with one attached hydrogen (secondary N) is 1.